The molecule has 1 aromatic heterocycles. The van der Waals surface area contributed by atoms with E-state index in [1.54, 1.807) is 36.1 Å². The highest BCUT2D eigenvalue weighted by Crippen LogP contribution is 2.23. The summed E-state index contributed by atoms with van der Waals surface area (Å²) in [6.45, 7) is -2.60. The molecule has 1 heterocycles. The zero-order chi connectivity index (χ0) is 12.6. The molecule has 0 radical (unpaired) electrons. The lowest BCUT2D eigenvalue weighted by Gasteiger charge is -2.00. The number of imidazole rings is 1. The van der Waals surface area contributed by atoms with E-state index < -0.39 is 6.55 Å². The van der Waals surface area contributed by atoms with Gasteiger partial charge in [-0.2, -0.15) is 13.3 Å². The van der Waals surface area contributed by atoms with E-state index in [2.05, 4.69) is 0 Å². The molecular weight excluding hydrogens is 262 g/mol. The number of hydrogen-bond acceptors (Lipinski definition) is 2. The first-order valence-electron chi connectivity index (χ1n) is 4.93. The highest BCUT2D eigenvalue weighted by Gasteiger charge is 2.30. The van der Waals surface area contributed by atoms with E-state index in [-0.39, 0.29) is 0 Å². The molecule has 0 aliphatic carbocycles. The summed E-state index contributed by atoms with van der Waals surface area (Å²) in [5.41, 5.74) is 1.25. The van der Waals surface area contributed by atoms with Crippen LogP contribution in [-0.2, 0) is 7.05 Å². The van der Waals surface area contributed by atoms with E-state index >= 15 is 0 Å². The van der Waals surface area contributed by atoms with E-state index in [4.69, 9.17) is 12.2 Å². The lowest BCUT2D eigenvalue weighted by Crippen LogP contribution is -2.35. The Morgan fingerprint density at radius 3 is 2.65 bits per heavy atom. The van der Waals surface area contributed by atoms with Crippen LogP contribution in [0.5, 0.6) is 0 Å². The Morgan fingerprint density at radius 1 is 1.41 bits per heavy atom. The van der Waals surface area contributed by atoms with E-state index in [1.165, 1.54) is 11.8 Å². The number of nitrogens with zero attached hydrogens (tertiary/aromatic N) is 2. The number of hydrogen-bond donors (Lipinski definition) is 0. The van der Waals surface area contributed by atoms with Gasteiger partial charge in [0.15, 0.2) is 15.2 Å². The molecular formula is C11H11F2N2S2+. The van der Waals surface area contributed by atoms with Crippen molar-refractivity contribution in [1.29, 1.82) is 0 Å². The predicted octanol–water partition coefficient (Wildman–Crippen LogP) is 2.90. The summed E-state index contributed by atoms with van der Waals surface area (Å²) < 4.78 is 29.4. The van der Waals surface area contributed by atoms with E-state index in [9.17, 15) is 8.78 Å². The standard InChI is InChI=1S/C11H11F2N2S2/c1-14-7-5-3-4-6-8(7)15(11(12)13)9(14)10(16)17-2/h3-6,11H,1-2H3/q+1. The minimum atomic E-state index is -2.60. The first kappa shape index (κ1) is 12.4. The normalized spacial score (nSPS) is 11.4. The lowest BCUT2D eigenvalue weighted by atomic mass is 10.3. The minimum Gasteiger partial charge on any atom is -0.224 e. The molecule has 0 atom stereocenters. The van der Waals surface area contributed by atoms with E-state index in [0.717, 1.165) is 10.1 Å². The van der Waals surface area contributed by atoms with Gasteiger partial charge in [0.1, 0.15) is 0 Å². The molecule has 90 valence electrons. The lowest BCUT2D eigenvalue weighted by molar-refractivity contribution is -0.647. The molecule has 2 aromatic rings. The smallest absolute Gasteiger partial charge is 0.224 e. The summed E-state index contributed by atoms with van der Waals surface area (Å²) in [5, 5.41) is 0. The molecule has 0 unspecified atom stereocenters. The number of para-hydroxylation sites is 2. The van der Waals surface area contributed by atoms with Crippen molar-refractivity contribution in [3.63, 3.8) is 0 Å². The maximum absolute atomic E-state index is 13.1. The fourth-order valence-electron chi connectivity index (χ4n) is 1.87. The fourth-order valence-corrected chi connectivity index (χ4v) is 2.52. The topological polar surface area (TPSA) is 8.81 Å². The molecule has 2 nitrogen and oxygen atoms in total. The molecule has 0 amide bonds. The van der Waals surface area contributed by atoms with Crippen LogP contribution in [0.1, 0.15) is 12.4 Å². The maximum Gasteiger partial charge on any atom is 0.388 e. The van der Waals surface area contributed by atoms with Crippen LogP contribution < -0.4 is 4.57 Å². The van der Waals surface area contributed by atoms with Crippen molar-refractivity contribution in [3.05, 3.63) is 30.1 Å². The van der Waals surface area contributed by atoms with Gasteiger partial charge in [0, 0.05) is 0 Å². The van der Waals surface area contributed by atoms with Gasteiger partial charge < -0.3 is 0 Å². The Balaban J connectivity index is 2.85. The molecule has 0 spiro atoms. The maximum atomic E-state index is 13.1. The van der Waals surface area contributed by atoms with Gasteiger partial charge in [0.05, 0.1) is 7.05 Å². The van der Waals surface area contributed by atoms with Gasteiger partial charge >= 0.3 is 12.4 Å². The van der Waals surface area contributed by atoms with Crippen LogP contribution in [0.15, 0.2) is 24.3 Å². The second-order valence-corrected chi connectivity index (χ2v) is 4.99. The number of rotatable bonds is 2. The third-order valence-electron chi connectivity index (χ3n) is 2.61. The molecule has 1 aromatic carbocycles. The number of thiocarbonyl (C=S) groups is 1. The fraction of sp³-hybridized carbons (Fsp3) is 0.273. The number of thioether (sulfide) groups is 1. The summed E-state index contributed by atoms with van der Waals surface area (Å²) in [7, 11) is 1.75. The molecule has 0 aliphatic heterocycles. The Hall–Kier alpha value is -1.01. The van der Waals surface area contributed by atoms with Crippen molar-refractivity contribution >= 4 is 39.2 Å². The second-order valence-electron chi connectivity index (χ2n) is 3.51. The molecule has 17 heavy (non-hydrogen) atoms. The van der Waals surface area contributed by atoms with Crippen molar-refractivity contribution < 1.29 is 13.3 Å². The third-order valence-corrected chi connectivity index (χ3v) is 3.85. The van der Waals surface area contributed by atoms with Gasteiger partial charge in [0.2, 0.25) is 0 Å². The first-order valence-corrected chi connectivity index (χ1v) is 6.56. The van der Waals surface area contributed by atoms with Crippen LogP contribution in [0.2, 0.25) is 0 Å². The van der Waals surface area contributed by atoms with Gasteiger partial charge in [-0.15, -0.1) is 11.8 Å². The summed E-state index contributed by atoms with van der Waals surface area (Å²) in [4.78, 5) is 0. The average Bonchev–Trinajstić information content (AvgIpc) is 2.62. The Kier molecular flexibility index (Phi) is 3.44. The zero-order valence-electron chi connectivity index (χ0n) is 9.35. The number of halogens is 2. The SMILES string of the molecule is CSC(=S)c1n(C(F)F)c2ccccc2[n+]1C. The molecule has 2 rings (SSSR count). The predicted molar refractivity (Wildman–Crippen MR) is 69.6 cm³/mol. The van der Waals surface area contributed by atoms with Gasteiger partial charge in [-0.25, -0.2) is 4.57 Å². The van der Waals surface area contributed by atoms with Crippen molar-refractivity contribution in [3.8, 4) is 0 Å². The van der Waals surface area contributed by atoms with Gasteiger partial charge in [-0.3, -0.25) is 0 Å². The number of benzene rings is 1. The van der Waals surface area contributed by atoms with Crippen molar-refractivity contribution in [2.75, 3.05) is 6.26 Å². The van der Waals surface area contributed by atoms with Gasteiger partial charge in [0.25, 0.3) is 0 Å². The first-order chi connectivity index (χ1) is 8.07. The van der Waals surface area contributed by atoms with Crippen LogP contribution in [-0.4, -0.2) is 15.0 Å². The molecule has 0 saturated heterocycles. The van der Waals surface area contributed by atoms with Crippen LogP contribution >= 0.6 is 24.0 Å². The average molecular weight is 273 g/mol. The quantitative estimate of drug-likeness (QED) is 0.614. The zero-order valence-corrected chi connectivity index (χ0v) is 11.0. The van der Waals surface area contributed by atoms with Crippen LogP contribution in [0.3, 0.4) is 0 Å². The van der Waals surface area contributed by atoms with E-state index in [0.29, 0.717) is 15.5 Å². The van der Waals surface area contributed by atoms with Crippen LogP contribution in [0.25, 0.3) is 11.0 Å². The number of fused-ring (bicyclic) bond motifs is 1. The summed E-state index contributed by atoms with van der Waals surface area (Å²) >= 11 is 6.44. The van der Waals surface area contributed by atoms with E-state index in [1.807, 2.05) is 6.07 Å². The molecule has 0 aliphatic rings. The number of aryl methyl sites for hydroxylation is 1. The van der Waals surface area contributed by atoms with Gasteiger partial charge in [-0.05, 0) is 18.4 Å². The summed E-state index contributed by atoms with van der Waals surface area (Å²) in [6, 6.07) is 7.05. The number of alkyl halides is 2. The van der Waals surface area contributed by atoms with Crippen molar-refractivity contribution in [2.45, 2.75) is 6.55 Å². The summed E-state index contributed by atoms with van der Waals surface area (Å²) in [6.07, 6.45) is 1.79. The molecule has 0 bridgehead atoms. The van der Waals surface area contributed by atoms with Crippen LogP contribution in [0, 0.1) is 0 Å². The monoisotopic (exact) mass is 273 g/mol. The Morgan fingerprint density at radius 2 is 2.06 bits per heavy atom. The Labute approximate surface area is 107 Å². The van der Waals surface area contributed by atoms with Crippen LogP contribution in [0.4, 0.5) is 8.78 Å². The molecule has 6 heteroatoms. The molecule has 0 fully saturated rings. The van der Waals surface area contributed by atoms with Crippen molar-refractivity contribution in [1.82, 2.24) is 4.57 Å². The molecule has 0 saturated carbocycles. The second kappa shape index (κ2) is 4.70. The number of aromatic nitrogens is 2. The largest absolute Gasteiger partial charge is 0.388 e. The molecule has 0 N–H and O–H groups in total. The highest BCUT2D eigenvalue weighted by molar-refractivity contribution is 8.23. The van der Waals surface area contributed by atoms with Crippen molar-refractivity contribution in [2.24, 2.45) is 7.05 Å². The van der Waals surface area contributed by atoms with Gasteiger partial charge in [-0.1, -0.05) is 24.4 Å². The summed E-state index contributed by atoms with van der Waals surface area (Å²) in [5.74, 6) is 0.378. The third kappa shape index (κ3) is 1.95. The minimum absolute atomic E-state index is 0.378. The Bertz CT molecular complexity index is 578. The highest BCUT2D eigenvalue weighted by atomic mass is 32.2.